The molecule has 2 nitrogen and oxygen atoms in total. The molecule has 2 aromatic rings. The van der Waals surface area contributed by atoms with E-state index in [1.54, 1.807) is 11.3 Å². The number of hydrogen-bond acceptors (Lipinski definition) is 3. The number of aryl methyl sites for hydroxylation is 4. The molecule has 0 saturated heterocycles. The van der Waals surface area contributed by atoms with E-state index in [0.717, 1.165) is 21.8 Å². The molecule has 1 unspecified atom stereocenters. The van der Waals surface area contributed by atoms with E-state index in [1.165, 1.54) is 11.1 Å². The molecule has 0 saturated carbocycles. The average molecular weight is 261 g/mol. The Balaban J connectivity index is 2.23. The molecule has 0 radical (unpaired) electrons. The largest absolute Gasteiger partial charge is 0.388 e. The van der Waals surface area contributed by atoms with Gasteiger partial charge in [0.15, 0.2) is 0 Å². The highest BCUT2D eigenvalue weighted by Crippen LogP contribution is 2.25. The van der Waals surface area contributed by atoms with E-state index in [4.69, 9.17) is 0 Å². The number of thiazole rings is 1. The van der Waals surface area contributed by atoms with Gasteiger partial charge in [0.25, 0.3) is 0 Å². The maximum atomic E-state index is 10.3. The Bertz CT molecular complexity index is 560. The zero-order valence-electron chi connectivity index (χ0n) is 11.3. The number of aromatic nitrogens is 1. The Morgan fingerprint density at radius 2 is 1.78 bits per heavy atom. The van der Waals surface area contributed by atoms with Crippen molar-refractivity contribution in [2.45, 2.75) is 40.2 Å². The summed E-state index contributed by atoms with van der Waals surface area (Å²) in [5.41, 5.74) is 5.70. The summed E-state index contributed by atoms with van der Waals surface area (Å²) in [7, 11) is 0. The maximum Gasteiger partial charge on any atom is 0.0957 e. The molecule has 0 aliphatic carbocycles. The first-order chi connectivity index (χ1) is 8.47. The fourth-order valence-corrected chi connectivity index (χ4v) is 2.92. The molecule has 1 atom stereocenters. The van der Waals surface area contributed by atoms with Crippen LogP contribution in [0.15, 0.2) is 17.5 Å². The third-order valence-electron chi connectivity index (χ3n) is 3.28. The fraction of sp³-hybridized carbons (Fsp3) is 0.400. The van der Waals surface area contributed by atoms with Crippen LogP contribution < -0.4 is 0 Å². The Labute approximate surface area is 112 Å². The summed E-state index contributed by atoms with van der Waals surface area (Å²) in [5, 5.41) is 13.4. The van der Waals surface area contributed by atoms with Gasteiger partial charge in [-0.2, -0.15) is 0 Å². The second-order valence-electron chi connectivity index (χ2n) is 4.90. The van der Waals surface area contributed by atoms with Gasteiger partial charge in [0, 0.05) is 17.5 Å². The lowest BCUT2D eigenvalue weighted by atomic mass is 9.96. The zero-order valence-corrected chi connectivity index (χ0v) is 12.1. The number of aliphatic hydroxyl groups is 1. The van der Waals surface area contributed by atoms with Crippen molar-refractivity contribution in [2.24, 2.45) is 0 Å². The molecule has 1 aromatic heterocycles. The molecule has 0 amide bonds. The SMILES string of the molecule is Cc1csc(CC(O)c2cc(C)c(C)cc2C)n1. The van der Waals surface area contributed by atoms with Crippen molar-refractivity contribution in [3.05, 3.63) is 50.5 Å². The van der Waals surface area contributed by atoms with Crippen LogP contribution in [0.2, 0.25) is 0 Å². The predicted molar refractivity (Wildman–Crippen MR) is 76.2 cm³/mol. The van der Waals surface area contributed by atoms with Crippen LogP contribution in [0.4, 0.5) is 0 Å². The van der Waals surface area contributed by atoms with Gasteiger partial charge in [0.1, 0.15) is 0 Å². The number of hydrogen-bond donors (Lipinski definition) is 1. The molecule has 0 spiro atoms. The van der Waals surface area contributed by atoms with Gasteiger partial charge < -0.3 is 5.11 Å². The van der Waals surface area contributed by atoms with Crippen LogP contribution >= 0.6 is 11.3 Å². The minimum Gasteiger partial charge on any atom is -0.388 e. The van der Waals surface area contributed by atoms with Crippen molar-refractivity contribution in [3.8, 4) is 0 Å². The summed E-state index contributed by atoms with van der Waals surface area (Å²) in [6.07, 6.45) is 0.136. The molecule has 2 rings (SSSR count). The number of rotatable bonds is 3. The molecule has 96 valence electrons. The smallest absolute Gasteiger partial charge is 0.0957 e. The van der Waals surface area contributed by atoms with Crippen LogP contribution in [0.25, 0.3) is 0 Å². The van der Waals surface area contributed by atoms with Gasteiger partial charge in [-0.1, -0.05) is 12.1 Å². The summed E-state index contributed by atoms with van der Waals surface area (Å²) in [4.78, 5) is 4.40. The Hall–Kier alpha value is -1.19. The molecule has 0 bridgehead atoms. The normalized spacial score (nSPS) is 12.7. The molecule has 0 fully saturated rings. The molecule has 0 aliphatic rings. The standard InChI is InChI=1S/C15H19NOS/c1-9-5-11(3)13(6-10(9)2)14(17)7-15-16-12(4)8-18-15/h5-6,8,14,17H,7H2,1-4H3. The zero-order chi connectivity index (χ0) is 13.3. The minimum absolute atomic E-state index is 0.463. The van der Waals surface area contributed by atoms with Crippen LogP contribution in [-0.4, -0.2) is 10.1 Å². The molecule has 1 N–H and O–H groups in total. The fourth-order valence-electron chi connectivity index (χ4n) is 2.11. The first-order valence-corrected chi connectivity index (χ1v) is 7.02. The quantitative estimate of drug-likeness (QED) is 0.914. The maximum absolute atomic E-state index is 10.3. The summed E-state index contributed by atoms with van der Waals surface area (Å²) >= 11 is 1.61. The van der Waals surface area contributed by atoms with Crippen molar-refractivity contribution in [2.75, 3.05) is 0 Å². The number of benzene rings is 1. The van der Waals surface area contributed by atoms with Crippen molar-refractivity contribution < 1.29 is 5.11 Å². The van der Waals surface area contributed by atoms with E-state index in [9.17, 15) is 5.11 Å². The van der Waals surface area contributed by atoms with E-state index in [0.29, 0.717) is 6.42 Å². The van der Waals surface area contributed by atoms with Gasteiger partial charge in [-0.3, -0.25) is 0 Å². The third-order valence-corrected chi connectivity index (χ3v) is 4.26. The Kier molecular flexibility index (Phi) is 3.83. The summed E-state index contributed by atoms with van der Waals surface area (Å²) in [6, 6.07) is 4.23. The summed E-state index contributed by atoms with van der Waals surface area (Å²) in [5.74, 6) is 0. The monoisotopic (exact) mass is 261 g/mol. The highest BCUT2D eigenvalue weighted by Gasteiger charge is 2.14. The van der Waals surface area contributed by atoms with Gasteiger partial charge in [0.05, 0.1) is 11.1 Å². The topological polar surface area (TPSA) is 33.1 Å². The Morgan fingerprint density at radius 1 is 1.11 bits per heavy atom. The van der Waals surface area contributed by atoms with Gasteiger partial charge in [-0.05, 0) is 49.9 Å². The van der Waals surface area contributed by atoms with Crippen LogP contribution in [0.1, 0.15) is 39.1 Å². The third kappa shape index (κ3) is 2.79. The first kappa shape index (κ1) is 13.2. The van der Waals surface area contributed by atoms with Crippen molar-refractivity contribution >= 4 is 11.3 Å². The van der Waals surface area contributed by atoms with E-state index in [2.05, 4.69) is 37.9 Å². The van der Waals surface area contributed by atoms with Crippen LogP contribution in [0.3, 0.4) is 0 Å². The molecule has 3 heteroatoms. The molecule has 0 aliphatic heterocycles. The van der Waals surface area contributed by atoms with E-state index >= 15 is 0 Å². The van der Waals surface area contributed by atoms with Gasteiger partial charge in [-0.15, -0.1) is 11.3 Å². The first-order valence-electron chi connectivity index (χ1n) is 6.14. The highest BCUT2D eigenvalue weighted by molar-refractivity contribution is 7.09. The number of nitrogens with zero attached hydrogens (tertiary/aromatic N) is 1. The molecule has 1 aromatic carbocycles. The summed E-state index contributed by atoms with van der Waals surface area (Å²) in [6.45, 7) is 8.22. The molecular weight excluding hydrogens is 242 g/mol. The number of aliphatic hydroxyl groups excluding tert-OH is 1. The van der Waals surface area contributed by atoms with Crippen molar-refractivity contribution in [1.82, 2.24) is 4.98 Å². The molecule has 18 heavy (non-hydrogen) atoms. The lowest BCUT2D eigenvalue weighted by Crippen LogP contribution is -2.05. The second-order valence-corrected chi connectivity index (χ2v) is 5.84. The van der Waals surface area contributed by atoms with E-state index in [-0.39, 0.29) is 0 Å². The lowest BCUT2D eigenvalue weighted by Gasteiger charge is -2.15. The van der Waals surface area contributed by atoms with Crippen LogP contribution in [0.5, 0.6) is 0 Å². The molecule has 1 heterocycles. The second kappa shape index (κ2) is 5.21. The van der Waals surface area contributed by atoms with Gasteiger partial charge >= 0.3 is 0 Å². The Morgan fingerprint density at radius 3 is 2.39 bits per heavy atom. The lowest BCUT2D eigenvalue weighted by molar-refractivity contribution is 0.177. The predicted octanol–water partition coefficient (Wildman–Crippen LogP) is 3.65. The van der Waals surface area contributed by atoms with Gasteiger partial charge in [0.2, 0.25) is 0 Å². The van der Waals surface area contributed by atoms with E-state index in [1.807, 2.05) is 12.3 Å². The van der Waals surface area contributed by atoms with Gasteiger partial charge in [-0.25, -0.2) is 4.98 Å². The molecular formula is C15H19NOS. The minimum atomic E-state index is -0.463. The highest BCUT2D eigenvalue weighted by atomic mass is 32.1. The summed E-state index contributed by atoms with van der Waals surface area (Å²) < 4.78 is 0. The van der Waals surface area contributed by atoms with Crippen molar-refractivity contribution in [3.63, 3.8) is 0 Å². The van der Waals surface area contributed by atoms with Crippen LogP contribution in [0, 0.1) is 27.7 Å². The van der Waals surface area contributed by atoms with E-state index < -0.39 is 6.10 Å². The van der Waals surface area contributed by atoms with Crippen molar-refractivity contribution in [1.29, 1.82) is 0 Å². The average Bonchev–Trinajstić information content (AvgIpc) is 2.69. The van der Waals surface area contributed by atoms with Crippen LogP contribution in [-0.2, 0) is 6.42 Å².